The number of amides is 1. The van der Waals surface area contributed by atoms with Crippen LogP contribution in [0.4, 0.5) is 11.4 Å². The number of ether oxygens (including phenoxy) is 1. The van der Waals surface area contributed by atoms with E-state index in [0.717, 1.165) is 5.56 Å². The van der Waals surface area contributed by atoms with E-state index in [4.69, 9.17) is 4.74 Å². The van der Waals surface area contributed by atoms with Crippen LogP contribution in [0.5, 0.6) is 11.5 Å². The molecular weight excluding hydrogens is 388 g/mol. The molecule has 0 aliphatic carbocycles. The minimum absolute atomic E-state index is 0.0476. The van der Waals surface area contributed by atoms with Crippen molar-refractivity contribution in [1.29, 1.82) is 0 Å². The maximum atomic E-state index is 12.4. The van der Waals surface area contributed by atoms with E-state index in [-0.39, 0.29) is 22.6 Å². The molecule has 3 rings (SSSR count). The van der Waals surface area contributed by atoms with Crippen LogP contribution in [0.25, 0.3) is 0 Å². The van der Waals surface area contributed by atoms with Crippen molar-refractivity contribution in [2.24, 2.45) is 0 Å². The van der Waals surface area contributed by atoms with Crippen LogP contribution >= 0.6 is 11.8 Å². The standard InChI is InChI=1S/C22H20N2O4S/c1-16(17-8-7-9-18(14-17)24(26)27)29-15-22(25)23-20-12-5-6-13-21(20)28-19-10-3-2-4-11-19/h2-14,16H,15H2,1H3,(H,23,25)/t16-/m1/s1. The maximum absolute atomic E-state index is 12.4. The Morgan fingerprint density at radius 1 is 1.07 bits per heavy atom. The zero-order valence-electron chi connectivity index (χ0n) is 15.8. The predicted molar refractivity (Wildman–Crippen MR) is 116 cm³/mol. The number of hydrogen-bond donors (Lipinski definition) is 1. The highest BCUT2D eigenvalue weighted by molar-refractivity contribution is 8.00. The summed E-state index contributed by atoms with van der Waals surface area (Å²) < 4.78 is 5.86. The Balaban J connectivity index is 1.60. The topological polar surface area (TPSA) is 81.5 Å². The average Bonchev–Trinajstić information content (AvgIpc) is 2.74. The van der Waals surface area contributed by atoms with E-state index in [1.54, 1.807) is 24.3 Å². The zero-order chi connectivity index (χ0) is 20.6. The van der Waals surface area contributed by atoms with Crippen LogP contribution in [0.2, 0.25) is 0 Å². The highest BCUT2D eigenvalue weighted by Gasteiger charge is 2.14. The van der Waals surface area contributed by atoms with Gasteiger partial charge in [0.2, 0.25) is 5.91 Å². The molecule has 0 aliphatic rings. The number of nitrogens with one attached hydrogen (secondary N) is 1. The van der Waals surface area contributed by atoms with Gasteiger partial charge in [0.15, 0.2) is 5.75 Å². The number of benzene rings is 3. The van der Waals surface area contributed by atoms with Crippen molar-refractivity contribution >= 4 is 29.0 Å². The zero-order valence-corrected chi connectivity index (χ0v) is 16.6. The summed E-state index contributed by atoms with van der Waals surface area (Å²) in [4.78, 5) is 22.9. The van der Waals surface area contributed by atoms with E-state index in [2.05, 4.69) is 5.32 Å². The minimum Gasteiger partial charge on any atom is -0.455 e. The maximum Gasteiger partial charge on any atom is 0.269 e. The number of carbonyl (C=O) groups excluding carboxylic acids is 1. The number of anilines is 1. The molecule has 0 heterocycles. The molecule has 0 bridgehead atoms. The lowest BCUT2D eigenvalue weighted by Crippen LogP contribution is -2.15. The minimum atomic E-state index is -0.419. The van der Waals surface area contributed by atoms with E-state index in [1.807, 2.05) is 55.5 Å². The summed E-state index contributed by atoms with van der Waals surface area (Å²) in [5, 5.41) is 13.7. The average molecular weight is 408 g/mol. The highest BCUT2D eigenvalue weighted by atomic mass is 32.2. The summed E-state index contributed by atoms with van der Waals surface area (Å²) in [5.41, 5.74) is 1.45. The number of non-ortho nitro benzene ring substituents is 1. The van der Waals surface area contributed by atoms with Gasteiger partial charge in [-0.1, -0.05) is 42.5 Å². The highest BCUT2D eigenvalue weighted by Crippen LogP contribution is 2.32. The molecule has 0 unspecified atom stereocenters. The van der Waals surface area contributed by atoms with Gasteiger partial charge >= 0.3 is 0 Å². The summed E-state index contributed by atoms with van der Waals surface area (Å²) in [5.74, 6) is 1.28. The SMILES string of the molecule is C[C@@H](SCC(=O)Nc1ccccc1Oc1ccccc1)c1cccc([N+](=O)[O-])c1. The molecule has 0 saturated carbocycles. The molecule has 29 heavy (non-hydrogen) atoms. The number of nitro groups is 1. The largest absolute Gasteiger partial charge is 0.455 e. The number of thioether (sulfide) groups is 1. The molecule has 148 valence electrons. The lowest BCUT2D eigenvalue weighted by molar-refractivity contribution is -0.384. The van der Waals surface area contributed by atoms with Crippen LogP contribution < -0.4 is 10.1 Å². The third-order valence-electron chi connectivity index (χ3n) is 4.15. The van der Waals surface area contributed by atoms with Gasteiger partial charge in [0.05, 0.1) is 16.4 Å². The number of nitro benzene ring substituents is 1. The first-order valence-electron chi connectivity index (χ1n) is 9.00. The van der Waals surface area contributed by atoms with Crippen LogP contribution in [0.1, 0.15) is 17.7 Å². The molecule has 0 spiro atoms. The number of nitrogens with zero attached hydrogens (tertiary/aromatic N) is 1. The normalized spacial score (nSPS) is 11.5. The van der Waals surface area contributed by atoms with Crippen molar-refractivity contribution in [3.63, 3.8) is 0 Å². The molecule has 1 atom stereocenters. The summed E-state index contributed by atoms with van der Waals surface area (Å²) in [6.45, 7) is 1.92. The molecule has 7 heteroatoms. The van der Waals surface area contributed by atoms with E-state index in [1.165, 1.54) is 17.8 Å². The number of carbonyl (C=O) groups is 1. The number of hydrogen-bond acceptors (Lipinski definition) is 5. The van der Waals surface area contributed by atoms with Gasteiger partial charge in [-0.05, 0) is 36.8 Å². The molecule has 0 aliphatic heterocycles. The Morgan fingerprint density at radius 2 is 1.79 bits per heavy atom. The second-order valence-electron chi connectivity index (χ2n) is 6.26. The van der Waals surface area contributed by atoms with Gasteiger partial charge in [0.1, 0.15) is 5.75 Å². The fourth-order valence-electron chi connectivity index (χ4n) is 2.65. The summed E-state index contributed by atoms with van der Waals surface area (Å²) in [6, 6.07) is 23.1. The quantitative estimate of drug-likeness (QED) is 0.375. The molecule has 0 radical (unpaired) electrons. The number of rotatable bonds is 8. The van der Waals surface area contributed by atoms with Crippen molar-refractivity contribution in [2.45, 2.75) is 12.2 Å². The van der Waals surface area contributed by atoms with Crippen LogP contribution in [0.15, 0.2) is 78.9 Å². The van der Waals surface area contributed by atoms with Gasteiger partial charge < -0.3 is 10.1 Å². The van der Waals surface area contributed by atoms with E-state index in [0.29, 0.717) is 17.2 Å². The van der Waals surface area contributed by atoms with Gasteiger partial charge in [-0.2, -0.15) is 0 Å². The van der Waals surface area contributed by atoms with Crippen molar-refractivity contribution < 1.29 is 14.5 Å². The lowest BCUT2D eigenvalue weighted by Gasteiger charge is -2.14. The first-order valence-corrected chi connectivity index (χ1v) is 10.1. The summed E-state index contributed by atoms with van der Waals surface area (Å²) >= 11 is 1.41. The van der Waals surface area contributed by atoms with E-state index >= 15 is 0 Å². The van der Waals surface area contributed by atoms with Gasteiger partial charge in [-0.3, -0.25) is 14.9 Å². The second kappa shape index (κ2) is 9.75. The summed E-state index contributed by atoms with van der Waals surface area (Å²) in [7, 11) is 0. The van der Waals surface area contributed by atoms with Crippen LogP contribution in [-0.4, -0.2) is 16.6 Å². The van der Waals surface area contributed by atoms with Gasteiger partial charge in [0.25, 0.3) is 5.69 Å². The van der Waals surface area contributed by atoms with Crippen molar-refractivity contribution in [3.05, 3.63) is 94.5 Å². The van der Waals surface area contributed by atoms with Crippen LogP contribution in [0.3, 0.4) is 0 Å². The third-order valence-corrected chi connectivity index (χ3v) is 5.35. The van der Waals surface area contributed by atoms with Crippen molar-refractivity contribution in [3.8, 4) is 11.5 Å². The lowest BCUT2D eigenvalue weighted by atomic mass is 10.1. The van der Waals surface area contributed by atoms with Crippen molar-refractivity contribution in [2.75, 3.05) is 11.1 Å². The van der Waals surface area contributed by atoms with Gasteiger partial charge in [-0.15, -0.1) is 11.8 Å². The Labute approximate surface area is 173 Å². The van der Waals surface area contributed by atoms with Gasteiger partial charge in [-0.25, -0.2) is 0 Å². The molecule has 0 fully saturated rings. The fourth-order valence-corrected chi connectivity index (χ4v) is 3.46. The molecule has 1 N–H and O–H groups in total. The molecule has 6 nitrogen and oxygen atoms in total. The number of para-hydroxylation sites is 3. The predicted octanol–water partition coefficient (Wildman–Crippen LogP) is 5.82. The Hall–Kier alpha value is -3.32. The van der Waals surface area contributed by atoms with E-state index < -0.39 is 4.92 Å². The Bertz CT molecular complexity index is 995. The first-order chi connectivity index (χ1) is 14.0. The summed E-state index contributed by atoms with van der Waals surface area (Å²) in [6.07, 6.45) is 0. The van der Waals surface area contributed by atoms with E-state index in [9.17, 15) is 14.9 Å². The molecule has 0 aromatic heterocycles. The smallest absolute Gasteiger partial charge is 0.269 e. The first kappa shape index (κ1) is 20.4. The molecule has 3 aromatic carbocycles. The second-order valence-corrected chi connectivity index (χ2v) is 7.59. The third kappa shape index (κ3) is 5.83. The molecular formula is C22H20N2O4S. The Morgan fingerprint density at radius 3 is 2.55 bits per heavy atom. The molecule has 3 aromatic rings. The van der Waals surface area contributed by atoms with Crippen LogP contribution in [-0.2, 0) is 4.79 Å². The van der Waals surface area contributed by atoms with Gasteiger partial charge in [0, 0.05) is 17.4 Å². The van der Waals surface area contributed by atoms with Crippen LogP contribution in [0, 0.1) is 10.1 Å². The molecule has 1 amide bonds. The Kier molecular flexibility index (Phi) is 6.86. The monoisotopic (exact) mass is 408 g/mol. The molecule has 0 saturated heterocycles. The van der Waals surface area contributed by atoms with Crippen molar-refractivity contribution in [1.82, 2.24) is 0 Å². The fraction of sp³-hybridized carbons (Fsp3) is 0.136.